The molecular formula is C39H60ClN3O5S. The van der Waals surface area contributed by atoms with Gasteiger partial charge in [0, 0.05) is 57.4 Å². The van der Waals surface area contributed by atoms with Gasteiger partial charge in [-0.05, 0) is 85.4 Å². The predicted octanol–water partition coefficient (Wildman–Crippen LogP) is 8.22. The molecule has 2 aliphatic rings. The van der Waals surface area contributed by atoms with Crippen LogP contribution in [0.5, 0.6) is 5.75 Å². The van der Waals surface area contributed by atoms with Crippen LogP contribution in [0, 0.1) is 11.8 Å². The SMILES string of the molecule is CC.CCCc1cc(Cl)ccc1C1COc2ccc(C(C)O)cc2N(CC2CCC2C(/C=C/CCN(C)C(C)=O)OC)C1.CCSNC=O. The highest BCUT2D eigenvalue weighted by atomic mass is 35.5. The largest absolute Gasteiger partial charge is 0.491 e. The molecule has 0 bridgehead atoms. The molecule has 0 aromatic heterocycles. The summed E-state index contributed by atoms with van der Waals surface area (Å²) >= 11 is 7.79. The lowest BCUT2D eigenvalue weighted by Gasteiger charge is -2.43. The average molecular weight is 718 g/mol. The number of amides is 2. The van der Waals surface area contributed by atoms with Gasteiger partial charge in [-0.15, -0.1) is 0 Å². The molecule has 274 valence electrons. The molecule has 1 heterocycles. The van der Waals surface area contributed by atoms with Crippen LogP contribution >= 0.6 is 23.5 Å². The van der Waals surface area contributed by atoms with E-state index in [2.05, 4.69) is 46.9 Å². The third-order valence-electron chi connectivity index (χ3n) is 9.15. The van der Waals surface area contributed by atoms with Crippen molar-refractivity contribution < 1.29 is 24.2 Å². The lowest BCUT2D eigenvalue weighted by Crippen LogP contribution is -2.44. The van der Waals surface area contributed by atoms with Gasteiger partial charge in [0.15, 0.2) is 0 Å². The zero-order valence-corrected chi connectivity index (χ0v) is 32.5. The Balaban J connectivity index is 0.000000940. The van der Waals surface area contributed by atoms with Crippen molar-refractivity contribution in [1.82, 2.24) is 9.62 Å². The van der Waals surface area contributed by atoms with E-state index in [1.165, 1.54) is 23.1 Å². The molecule has 8 nitrogen and oxygen atoms in total. The summed E-state index contributed by atoms with van der Waals surface area (Å²) in [7, 11) is 3.63. The van der Waals surface area contributed by atoms with E-state index in [1.807, 2.05) is 52.9 Å². The fourth-order valence-corrected chi connectivity index (χ4v) is 6.73. The van der Waals surface area contributed by atoms with Crippen molar-refractivity contribution in [2.45, 2.75) is 91.8 Å². The van der Waals surface area contributed by atoms with Crippen LogP contribution in [-0.2, 0) is 20.7 Å². The number of carbonyl (C=O) groups excluding carboxylic acids is 2. The van der Waals surface area contributed by atoms with Crippen molar-refractivity contribution >= 4 is 41.6 Å². The van der Waals surface area contributed by atoms with Gasteiger partial charge < -0.3 is 29.1 Å². The second kappa shape index (κ2) is 22.9. The summed E-state index contributed by atoms with van der Waals surface area (Å²) in [5.74, 6) is 2.99. The van der Waals surface area contributed by atoms with E-state index in [-0.39, 0.29) is 17.9 Å². The number of benzene rings is 2. The highest BCUT2D eigenvalue weighted by Crippen LogP contribution is 2.43. The number of hydrogen-bond donors (Lipinski definition) is 2. The maximum Gasteiger partial charge on any atom is 0.219 e. The highest BCUT2D eigenvalue weighted by molar-refractivity contribution is 7.97. The van der Waals surface area contributed by atoms with E-state index in [4.69, 9.17) is 21.1 Å². The molecule has 5 atom stereocenters. The quantitative estimate of drug-likeness (QED) is 0.0831. The lowest BCUT2D eigenvalue weighted by molar-refractivity contribution is -0.127. The smallest absolute Gasteiger partial charge is 0.219 e. The minimum absolute atomic E-state index is 0.0473. The lowest BCUT2D eigenvalue weighted by atomic mass is 9.70. The number of aliphatic hydroxyl groups is 1. The number of methoxy groups -OCH3 is 1. The van der Waals surface area contributed by atoms with Gasteiger partial charge in [-0.1, -0.05) is 81.9 Å². The minimum atomic E-state index is -0.546. The molecule has 2 amide bonds. The van der Waals surface area contributed by atoms with Crippen molar-refractivity contribution in [2.24, 2.45) is 11.8 Å². The van der Waals surface area contributed by atoms with Crippen molar-refractivity contribution in [1.29, 1.82) is 0 Å². The van der Waals surface area contributed by atoms with Gasteiger partial charge in [0.25, 0.3) is 0 Å². The van der Waals surface area contributed by atoms with Gasteiger partial charge >= 0.3 is 0 Å². The van der Waals surface area contributed by atoms with Gasteiger partial charge in [0.1, 0.15) is 5.75 Å². The maximum atomic E-state index is 11.5. The van der Waals surface area contributed by atoms with Gasteiger partial charge in [-0.3, -0.25) is 9.59 Å². The minimum Gasteiger partial charge on any atom is -0.491 e. The second-order valence-corrected chi connectivity index (χ2v) is 14.0. The first-order chi connectivity index (χ1) is 23.6. The summed E-state index contributed by atoms with van der Waals surface area (Å²) in [5, 5.41) is 11.1. The first-order valence-corrected chi connectivity index (χ1v) is 19.2. The van der Waals surface area contributed by atoms with Crippen molar-refractivity contribution in [2.75, 3.05) is 51.1 Å². The Labute approximate surface area is 305 Å². The summed E-state index contributed by atoms with van der Waals surface area (Å²) in [5.41, 5.74) is 4.56. The zero-order valence-electron chi connectivity index (χ0n) is 30.9. The van der Waals surface area contributed by atoms with Crippen LogP contribution in [0.1, 0.15) is 95.9 Å². The maximum absolute atomic E-state index is 11.5. The van der Waals surface area contributed by atoms with Crippen LogP contribution in [0.25, 0.3) is 0 Å². The van der Waals surface area contributed by atoms with E-state index in [9.17, 15) is 14.7 Å². The van der Waals surface area contributed by atoms with Crippen LogP contribution in [0.2, 0.25) is 5.02 Å². The average Bonchev–Trinajstić information content (AvgIpc) is 3.27. The number of carbonyl (C=O) groups is 2. The summed E-state index contributed by atoms with van der Waals surface area (Å²) in [6.07, 6.45) is 9.66. The molecule has 1 fully saturated rings. The molecule has 2 aromatic rings. The van der Waals surface area contributed by atoms with Gasteiger partial charge in [-0.25, -0.2) is 0 Å². The number of ether oxygens (including phenoxy) is 2. The molecule has 5 unspecified atom stereocenters. The van der Waals surface area contributed by atoms with E-state index in [0.29, 0.717) is 31.4 Å². The Kier molecular flexibility index (Phi) is 19.8. The standard InChI is InChI=1S/C34H47ClN2O4.C3H7NOS.C2H6/c1-6-9-26-18-29(35)13-15-30(26)28-21-37(32-19-25(23(2)38)12-16-34(32)41-22-28)20-27-11-14-31(27)33(40-5)10-7-8-17-36(4)24(3)39;1-2-6-4-3-5;1-2/h7,10,12-13,15-16,18-19,23,27-28,31,33,38H,6,8-9,11,14,17,20-22H2,1-5H3;3H,2H2,1H3,(H,4,5);1-2H3/b10-7+;;. The zero-order chi connectivity index (χ0) is 36.3. The molecular weight excluding hydrogens is 658 g/mol. The summed E-state index contributed by atoms with van der Waals surface area (Å²) < 4.78 is 14.8. The number of anilines is 1. The first kappa shape index (κ1) is 42.4. The number of nitrogens with one attached hydrogen (secondary N) is 1. The molecule has 10 heteroatoms. The summed E-state index contributed by atoms with van der Waals surface area (Å²) in [6.45, 7) is 14.6. The predicted molar refractivity (Wildman–Crippen MR) is 206 cm³/mol. The summed E-state index contributed by atoms with van der Waals surface area (Å²) in [4.78, 5) is 25.2. The van der Waals surface area contributed by atoms with E-state index in [0.717, 1.165) is 73.0 Å². The fraction of sp³-hybridized carbons (Fsp3) is 0.590. The number of halogens is 1. The molecule has 1 saturated carbocycles. The molecule has 1 aliphatic carbocycles. The second-order valence-electron chi connectivity index (χ2n) is 12.4. The molecule has 0 saturated heterocycles. The van der Waals surface area contributed by atoms with Gasteiger partial charge in [-0.2, -0.15) is 0 Å². The number of hydrogen-bond acceptors (Lipinski definition) is 7. The summed E-state index contributed by atoms with van der Waals surface area (Å²) in [6, 6.07) is 12.4. The number of fused-ring (bicyclic) bond motifs is 1. The fourth-order valence-electron chi connectivity index (χ4n) is 6.30. The number of aliphatic hydroxyl groups excluding tert-OH is 1. The normalized spacial score (nSPS) is 19.4. The number of rotatable bonds is 15. The van der Waals surface area contributed by atoms with Crippen LogP contribution in [0.4, 0.5) is 5.69 Å². The highest BCUT2D eigenvalue weighted by Gasteiger charge is 2.38. The number of nitrogens with zero attached hydrogens (tertiary/aromatic N) is 2. The molecule has 1 aliphatic heterocycles. The van der Waals surface area contributed by atoms with Crippen molar-refractivity contribution in [3.05, 3.63) is 70.3 Å². The molecule has 4 rings (SSSR count). The third kappa shape index (κ3) is 13.2. The van der Waals surface area contributed by atoms with Gasteiger partial charge in [0.2, 0.25) is 12.3 Å². The first-order valence-electron chi connectivity index (χ1n) is 17.8. The molecule has 49 heavy (non-hydrogen) atoms. The molecule has 0 radical (unpaired) electrons. The Morgan fingerprint density at radius 2 is 1.98 bits per heavy atom. The third-order valence-corrected chi connectivity index (χ3v) is 9.93. The van der Waals surface area contributed by atoms with Crippen LogP contribution in [0.15, 0.2) is 48.6 Å². The Morgan fingerprint density at radius 3 is 2.55 bits per heavy atom. The monoisotopic (exact) mass is 717 g/mol. The molecule has 2 N–H and O–H groups in total. The Bertz CT molecular complexity index is 1310. The molecule has 0 spiro atoms. The van der Waals surface area contributed by atoms with Crippen LogP contribution in [-0.4, -0.2) is 74.6 Å². The van der Waals surface area contributed by atoms with Crippen molar-refractivity contribution in [3.8, 4) is 5.75 Å². The van der Waals surface area contributed by atoms with Crippen molar-refractivity contribution in [3.63, 3.8) is 0 Å². The van der Waals surface area contributed by atoms with Gasteiger partial charge in [0.05, 0.1) is 24.5 Å². The van der Waals surface area contributed by atoms with E-state index < -0.39 is 6.10 Å². The number of aryl methyl sites for hydroxylation is 1. The molecule has 2 aromatic carbocycles. The van der Waals surface area contributed by atoms with E-state index in [1.54, 1.807) is 18.9 Å². The van der Waals surface area contributed by atoms with Crippen LogP contribution < -0.4 is 14.4 Å². The topological polar surface area (TPSA) is 91.3 Å². The Hall–Kier alpha value is -2.72. The Morgan fingerprint density at radius 1 is 1.22 bits per heavy atom. The van der Waals surface area contributed by atoms with Crippen LogP contribution in [0.3, 0.4) is 0 Å². The van der Waals surface area contributed by atoms with E-state index >= 15 is 0 Å².